The van der Waals surface area contributed by atoms with Gasteiger partial charge >= 0.3 is 0 Å². The summed E-state index contributed by atoms with van der Waals surface area (Å²) in [5.74, 6) is 1.37. The van der Waals surface area contributed by atoms with E-state index in [2.05, 4.69) is 21.8 Å². The predicted octanol–water partition coefficient (Wildman–Crippen LogP) is 3.68. The van der Waals surface area contributed by atoms with Crippen LogP contribution in [0.3, 0.4) is 0 Å². The molecule has 0 radical (unpaired) electrons. The number of alkyl halides is 1. The molecule has 0 N–H and O–H groups in total. The van der Waals surface area contributed by atoms with Crippen LogP contribution in [0.15, 0.2) is 6.20 Å². The molecule has 0 saturated carbocycles. The normalized spacial score (nSPS) is 20.8. The van der Waals surface area contributed by atoms with Gasteiger partial charge in [0.2, 0.25) is 5.95 Å². The van der Waals surface area contributed by atoms with Crippen LogP contribution < -0.4 is 4.90 Å². The fourth-order valence-corrected chi connectivity index (χ4v) is 2.88. The number of anilines is 1. The van der Waals surface area contributed by atoms with Crippen molar-refractivity contribution < 1.29 is 0 Å². The van der Waals surface area contributed by atoms with E-state index in [1.54, 1.807) is 0 Å². The van der Waals surface area contributed by atoms with Gasteiger partial charge in [0.25, 0.3) is 0 Å². The van der Waals surface area contributed by atoms with E-state index < -0.39 is 0 Å². The molecular weight excluding hydrogens is 246 g/mol. The molecule has 1 unspecified atom stereocenters. The highest BCUT2D eigenvalue weighted by molar-refractivity contribution is 6.17. The molecule has 0 bridgehead atoms. The lowest BCUT2D eigenvalue weighted by atomic mass is 10.1. The molecule has 0 amide bonds. The second-order valence-electron chi connectivity index (χ2n) is 5.02. The topological polar surface area (TPSA) is 29.0 Å². The van der Waals surface area contributed by atoms with E-state index in [0.717, 1.165) is 23.8 Å². The minimum atomic E-state index is 0.489. The zero-order chi connectivity index (χ0) is 13.0. The van der Waals surface area contributed by atoms with E-state index in [9.17, 15) is 0 Å². The van der Waals surface area contributed by atoms with Gasteiger partial charge in [-0.05, 0) is 26.2 Å². The fourth-order valence-electron chi connectivity index (χ4n) is 2.61. The van der Waals surface area contributed by atoms with Crippen molar-refractivity contribution >= 4 is 17.5 Å². The number of halogens is 1. The van der Waals surface area contributed by atoms with Crippen molar-refractivity contribution in [1.82, 2.24) is 9.97 Å². The molecule has 18 heavy (non-hydrogen) atoms. The van der Waals surface area contributed by atoms with Crippen LogP contribution >= 0.6 is 11.6 Å². The Labute approximate surface area is 115 Å². The molecule has 0 aromatic carbocycles. The highest BCUT2D eigenvalue weighted by Gasteiger charge is 2.22. The van der Waals surface area contributed by atoms with Gasteiger partial charge in [-0.1, -0.05) is 19.8 Å². The van der Waals surface area contributed by atoms with Gasteiger partial charge < -0.3 is 4.90 Å². The van der Waals surface area contributed by atoms with Gasteiger partial charge in [-0.15, -0.1) is 11.6 Å². The smallest absolute Gasteiger partial charge is 0.225 e. The van der Waals surface area contributed by atoms with Crippen molar-refractivity contribution in [2.75, 3.05) is 11.4 Å². The van der Waals surface area contributed by atoms with E-state index in [1.807, 2.05) is 13.1 Å². The number of nitrogens with zero attached hydrogens (tertiary/aromatic N) is 3. The maximum atomic E-state index is 5.86. The predicted molar refractivity (Wildman–Crippen MR) is 76.2 cm³/mol. The third kappa shape index (κ3) is 2.94. The molecule has 3 nitrogen and oxygen atoms in total. The summed E-state index contributed by atoms with van der Waals surface area (Å²) in [4.78, 5) is 11.5. The number of aromatic nitrogens is 2. The lowest BCUT2D eigenvalue weighted by Crippen LogP contribution is -2.35. The number of aryl methyl sites for hydroxylation is 1. The Balaban J connectivity index is 2.24. The molecule has 1 saturated heterocycles. The summed E-state index contributed by atoms with van der Waals surface area (Å²) in [7, 11) is 0. The van der Waals surface area contributed by atoms with Crippen LogP contribution in [0.1, 0.15) is 50.3 Å². The largest absolute Gasteiger partial charge is 0.338 e. The van der Waals surface area contributed by atoms with Crippen LogP contribution in [0.5, 0.6) is 0 Å². The monoisotopic (exact) mass is 267 g/mol. The zero-order valence-corrected chi connectivity index (χ0v) is 12.1. The highest BCUT2D eigenvalue weighted by Crippen LogP contribution is 2.23. The number of hydrogen-bond donors (Lipinski definition) is 0. The fraction of sp³-hybridized carbons (Fsp3) is 0.714. The van der Waals surface area contributed by atoms with Gasteiger partial charge in [0.05, 0.1) is 5.88 Å². The maximum Gasteiger partial charge on any atom is 0.225 e. The lowest BCUT2D eigenvalue weighted by molar-refractivity contribution is 0.546. The summed E-state index contributed by atoms with van der Waals surface area (Å²) in [6.07, 6.45) is 8.20. The molecule has 1 fully saturated rings. The first kappa shape index (κ1) is 13.6. The average molecular weight is 268 g/mol. The summed E-state index contributed by atoms with van der Waals surface area (Å²) >= 11 is 5.86. The summed E-state index contributed by atoms with van der Waals surface area (Å²) in [5.41, 5.74) is 2.04. The maximum absolute atomic E-state index is 5.86. The molecule has 1 aromatic rings. The number of rotatable bonds is 3. The molecule has 1 aliphatic rings. The minimum Gasteiger partial charge on any atom is -0.338 e. The molecule has 0 aliphatic carbocycles. The molecular formula is C14H22ClN3. The van der Waals surface area contributed by atoms with Gasteiger partial charge in [0, 0.05) is 30.0 Å². The van der Waals surface area contributed by atoms with Crippen molar-refractivity contribution in [3.8, 4) is 0 Å². The highest BCUT2D eigenvalue weighted by atomic mass is 35.5. The second kappa shape index (κ2) is 6.37. The average Bonchev–Trinajstić information content (AvgIpc) is 2.63. The second-order valence-corrected chi connectivity index (χ2v) is 5.29. The van der Waals surface area contributed by atoms with Crippen LogP contribution in [0, 0.1) is 6.92 Å². The van der Waals surface area contributed by atoms with Crippen molar-refractivity contribution in [1.29, 1.82) is 0 Å². The van der Waals surface area contributed by atoms with Crippen LogP contribution in [0.2, 0.25) is 0 Å². The van der Waals surface area contributed by atoms with E-state index in [0.29, 0.717) is 11.9 Å². The lowest BCUT2D eigenvalue weighted by Gasteiger charge is -2.29. The Morgan fingerprint density at radius 1 is 1.39 bits per heavy atom. The van der Waals surface area contributed by atoms with Gasteiger partial charge in [-0.2, -0.15) is 0 Å². The third-order valence-electron chi connectivity index (χ3n) is 3.82. The SMILES string of the molecule is CCC1CCCCCN1c1ncc(CCl)c(C)n1. The first-order valence-electron chi connectivity index (χ1n) is 6.91. The standard InChI is InChI=1S/C14H22ClN3/c1-3-13-7-5-4-6-8-18(13)14-16-10-12(9-15)11(2)17-14/h10,13H,3-9H2,1-2H3. The summed E-state index contributed by atoms with van der Waals surface area (Å²) in [6.45, 7) is 5.35. The first-order valence-corrected chi connectivity index (χ1v) is 7.44. The van der Waals surface area contributed by atoms with Crippen molar-refractivity contribution in [2.24, 2.45) is 0 Å². The molecule has 1 aliphatic heterocycles. The Morgan fingerprint density at radius 3 is 2.89 bits per heavy atom. The Morgan fingerprint density at radius 2 is 2.22 bits per heavy atom. The zero-order valence-electron chi connectivity index (χ0n) is 11.3. The van der Waals surface area contributed by atoms with Crippen LogP contribution in [0.4, 0.5) is 5.95 Å². The summed E-state index contributed by atoms with van der Waals surface area (Å²) in [5, 5.41) is 0. The molecule has 100 valence electrons. The third-order valence-corrected chi connectivity index (χ3v) is 4.11. The van der Waals surface area contributed by atoms with E-state index >= 15 is 0 Å². The summed E-state index contributed by atoms with van der Waals surface area (Å²) < 4.78 is 0. The Bertz CT molecular complexity index is 395. The van der Waals surface area contributed by atoms with Crippen molar-refractivity contribution in [3.05, 3.63) is 17.5 Å². The van der Waals surface area contributed by atoms with Gasteiger partial charge in [-0.3, -0.25) is 0 Å². The quantitative estimate of drug-likeness (QED) is 0.783. The molecule has 1 aromatic heterocycles. The molecule has 2 rings (SSSR count). The van der Waals surface area contributed by atoms with Crippen LogP contribution in [-0.2, 0) is 5.88 Å². The van der Waals surface area contributed by atoms with Crippen LogP contribution in [0.25, 0.3) is 0 Å². The number of hydrogen-bond acceptors (Lipinski definition) is 3. The van der Waals surface area contributed by atoms with Gasteiger partial charge in [0.15, 0.2) is 0 Å². The Kier molecular flexibility index (Phi) is 4.81. The van der Waals surface area contributed by atoms with Crippen molar-refractivity contribution in [3.63, 3.8) is 0 Å². The van der Waals surface area contributed by atoms with Crippen LogP contribution in [-0.4, -0.2) is 22.6 Å². The minimum absolute atomic E-state index is 0.489. The van der Waals surface area contributed by atoms with E-state index in [-0.39, 0.29) is 0 Å². The molecule has 2 heterocycles. The Hall–Kier alpha value is -0.830. The molecule has 1 atom stereocenters. The summed E-state index contributed by atoms with van der Waals surface area (Å²) in [6, 6.07) is 0.591. The van der Waals surface area contributed by atoms with E-state index in [1.165, 1.54) is 32.1 Å². The van der Waals surface area contributed by atoms with Gasteiger partial charge in [-0.25, -0.2) is 9.97 Å². The van der Waals surface area contributed by atoms with E-state index in [4.69, 9.17) is 11.6 Å². The van der Waals surface area contributed by atoms with Crippen molar-refractivity contribution in [2.45, 2.75) is 57.9 Å². The first-order chi connectivity index (χ1) is 8.76. The van der Waals surface area contributed by atoms with Gasteiger partial charge in [0.1, 0.15) is 0 Å². The molecule has 4 heteroatoms. The molecule has 0 spiro atoms.